The number of ether oxygens (including phenoxy) is 2. The van der Waals surface area contributed by atoms with E-state index in [1.165, 1.54) is 25.7 Å². The summed E-state index contributed by atoms with van der Waals surface area (Å²) in [6.45, 7) is 3.26. The predicted octanol–water partition coefficient (Wildman–Crippen LogP) is 4.24. The Labute approximate surface area is 185 Å². The summed E-state index contributed by atoms with van der Waals surface area (Å²) in [7, 11) is 1.97. The monoisotopic (exact) mass is 422 g/mol. The van der Waals surface area contributed by atoms with E-state index in [1.807, 2.05) is 42.3 Å². The lowest BCUT2D eigenvalue weighted by Crippen LogP contribution is -2.58. The first-order valence-corrected chi connectivity index (χ1v) is 11.9. The fourth-order valence-corrected chi connectivity index (χ4v) is 5.98. The lowest BCUT2D eigenvalue weighted by molar-refractivity contribution is -0.139. The summed E-state index contributed by atoms with van der Waals surface area (Å²) >= 11 is 0. The number of likely N-dealkylation sites (tertiary alicyclic amines) is 1. The van der Waals surface area contributed by atoms with E-state index in [-0.39, 0.29) is 24.2 Å². The van der Waals surface area contributed by atoms with Crippen LogP contribution in [0.25, 0.3) is 10.8 Å². The number of rotatable bonds is 5. The number of hydrogen-bond acceptors (Lipinski definition) is 4. The number of nitrogens with zero attached hydrogens (tertiary/aromatic N) is 2. The van der Waals surface area contributed by atoms with Gasteiger partial charge in [-0.3, -0.25) is 9.69 Å². The number of likely N-dealkylation sites (N-methyl/N-ethyl adjacent to an activating group) is 1. The lowest BCUT2D eigenvalue weighted by Gasteiger charge is -2.48. The van der Waals surface area contributed by atoms with Gasteiger partial charge >= 0.3 is 0 Å². The van der Waals surface area contributed by atoms with E-state index >= 15 is 0 Å². The number of amides is 1. The largest absolute Gasteiger partial charge is 0.483 e. The van der Waals surface area contributed by atoms with Crippen molar-refractivity contribution in [3.05, 3.63) is 42.5 Å². The molecule has 2 aromatic rings. The van der Waals surface area contributed by atoms with E-state index in [0.29, 0.717) is 6.04 Å². The van der Waals surface area contributed by atoms with Gasteiger partial charge in [0.05, 0.1) is 5.60 Å². The average molecular weight is 423 g/mol. The highest BCUT2D eigenvalue weighted by molar-refractivity contribution is 5.88. The molecule has 3 aliphatic rings. The maximum atomic E-state index is 13.2. The molecule has 31 heavy (non-hydrogen) atoms. The lowest BCUT2D eigenvalue weighted by atomic mass is 9.76. The molecule has 2 heterocycles. The molecule has 5 rings (SSSR count). The van der Waals surface area contributed by atoms with Gasteiger partial charge in [-0.05, 0) is 69.5 Å². The molecular formula is C26H34N2O3. The van der Waals surface area contributed by atoms with Crippen molar-refractivity contribution < 1.29 is 14.3 Å². The summed E-state index contributed by atoms with van der Waals surface area (Å²) in [5, 5.41) is 2.18. The van der Waals surface area contributed by atoms with Crippen LogP contribution in [0.2, 0.25) is 0 Å². The van der Waals surface area contributed by atoms with Gasteiger partial charge in [0.1, 0.15) is 5.75 Å². The molecule has 1 spiro atoms. The maximum Gasteiger partial charge on any atom is 0.260 e. The van der Waals surface area contributed by atoms with Gasteiger partial charge < -0.3 is 14.4 Å². The molecule has 2 aromatic carbocycles. The van der Waals surface area contributed by atoms with Gasteiger partial charge in [-0.2, -0.15) is 0 Å². The third-order valence-electron chi connectivity index (χ3n) is 7.71. The van der Waals surface area contributed by atoms with Crippen LogP contribution in [0.15, 0.2) is 42.5 Å². The first-order chi connectivity index (χ1) is 15.2. The topological polar surface area (TPSA) is 42.0 Å². The smallest absolute Gasteiger partial charge is 0.260 e. The van der Waals surface area contributed by atoms with Gasteiger partial charge in [0, 0.05) is 31.1 Å². The van der Waals surface area contributed by atoms with Crippen LogP contribution in [0.5, 0.6) is 5.75 Å². The number of carbonyl (C=O) groups excluding carboxylic acids is 1. The fraction of sp³-hybridized carbons (Fsp3) is 0.577. The van der Waals surface area contributed by atoms with Gasteiger partial charge in [-0.1, -0.05) is 36.4 Å². The van der Waals surface area contributed by atoms with E-state index in [9.17, 15) is 4.79 Å². The summed E-state index contributed by atoms with van der Waals surface area (Å²) in [5.41, 5.74) is 0.0487. The molecule has 5 nitrogen and oxygen atoms in total. The van der Waals surface area contributed by atoms with Crippen molar-refractivity contribution >= 4 is 16.7 Å². The number of fused-ring (bicyclic) bond motifs is 1. The number of benzene rings is 2. The van der Waals surface area contributed by atoms with Crippen LogP contribution >= 0.6 is 0 Å². The molecule has 0 aromatic heterocycles. The SMILES string of the molecule is CN(C(=O)COc1cccc2ccccc12)[C@@H]1CC[C@]2(CCCO2)C[C@H]1N1CCCC1. The zero-order valence-corrected chi connectivity index (χ0v) is 18.6. The second-order valence-electron chi connectivity index (χ2n) is 9.53. The summed E-state index contributed by atoms with van der Waals surface area (Å²) in [6.07, 6.45) is 8.00. The van der Waals surface area contributed by atoms with Crippen LogP contribution < -0.4 is 4.74 Å². The normalized spacial score (nSPS) is 28.9. The van der Waals surface area contributed by atoms with Crippen LogP contribution in [0.1, 0.15) is 44.9 Å². The van der Waals surface area contributed by atoms with Crippen LogP contribution in [0.3, 0.4) is 0 Å². The van der Waals surface area contributed by atoms with Gasteiger partial charge in [-0.15, -0.1) is 0 Å². The molecule has 3 atom stereocenters. The zero-order valence-electron chi connectivity index (χ0n) is 18.6. The minimum atomic E-state index is 0.0487. The quantitative estimate of drug-likeness (QED) is 0.723. The van der Waals surface area contributed by atoms with Gasteiger partial charge in [0.15, 0.2) is 6.61 Å². The van der Waals surface area contributed by atoms with E-state index in [4.69, 9.17) is 9.47 Å². The molecule has 1 saturated carbocycles. The molecular weight excluding hydrogens is 388 g/mol. The molecule has 1 aliphatic carbocycles. The van der Waals surface area contributed by atoms with Gasteiger partial charge in [0.2, 0.25) is 0 Å². The molecule has 2 aliphatic heterocycles. The Bertz CT molecular complexity index is 913. The molecule has 5 heteroatoms. The number of hydrogen-bond donors (Lipinski definition) is 0. The molecule has 3 fully saturated rings. The highest BCUT2D eigenvalue weighted by Crippen LogP contribution is 2.43. The highest BCUT2D eigenvalue weighted by atomic mass is 16.5. The second kappa shape index (κ2) is 8.79. The van der Waals surface area contributed by atoms with E-state index in [0.717, 1.165) is 55.5 Å². The first kappa shape index (κ1) is 20.8. The Morgan fingerprint density at radius 3 is 2.74 bits per heavy atom. The predicted molar refractivity (Wildman–Crippen MR) is 122 cm³/mol. The van der Waals surface area contributed by atoms with E-state index in [1.54, 1.807) is 0 Å². The second-order valence-corrected chi connectivity index (χ2v) is 9.53. The van der Waals surface area contributed by atoms with Gasteiger partial charge in [-0.25, -0.2) is 0 Å². The summed E-state index contributed by atoms with van der Waals surface area (Å²) in [5.74, 6) is 0.836. The Morgan fingerprint density at radius 2 is 1.94 bits per heavy atom. The van der Waals surface area contributed by atoms with Crippen molar-refractivity contribution in [2.45, 2.75) is 62.6 Å². The van der Waals surface area contributed by atoms with Crippen molar-refractivity contribution in [3.63, 3.8) is 0 Å². The Morgan fingerprint density at radius 1 is 1.13 bits per heavy atom. The Balaban J connectivity index is 1.28. The molecule has 0 N–H and O–H groups in total. The van der Waals surface area contributed by atoms with Crippen LogP contribution in [-0.2, 0) is 9.53 Å². The summed E-state index contributed by atoms with van der Waals surface area (Å²) in [6, 6.07) is 14.8. The van der Waals surface area contributed by atoms with Crippen molar-refractivity contribution in [2.75, 3.05) is 33.4 Å². The third kappa shape index (κ3) is 4.18. The summed E-state index contributed by atoms with van der Waals surface area (Å²) in [4.78, 5) is 17.8. The standard InChI is InChI=1S/C26H34N2O3/c1-27(25(29)19-30-24-11-6-9-20-8-2-3-10-21(20)24)22-12-14-26(13-7-17-31-26)18-23(22)28-15-4-5-16-28/h2-3,6,8-11,22-23H,4-5,7,12-19H2,1H3/t22-,23-,26-/m1/s1. The molecule has 0 bridgehead atoms. The highest BCUT2D eigenvalue weighted by Gasteiger charge is 2.47. The van der Waals surface area contributed by atoms with Crippen LogP contribution in [-0.4, -0.2) is 66.7 Å². The Hall–Kier alpha value is -2.11. The zero-order chi connectivity index (χ0) is 21.3. The van der Waals surface area contributed by atoms with Crippen molar-refractivity contribution in [3.8, 4) is 5.75 Å². The molecule has 2 saturated heterocycles. The van der Waals surface area contributed by atoms with Crippen molar-refractivity contribution in [1.29, 1.82) is 0 Å². The average Bonchev–Trinajstić information content (AvgIpc) is 3.50. The van der Waals surface area contributed by atoms with Crippen LogP contribution in [0.4, 0.5) is 0 Å². The third-order valence-corrected chi connectivity index (χ3v) is 7.71. The van der Waals surface area contributed by atoms with Crippen molar-refractivity contribution in [1.82, 2.24) is 9.80 Å². The maximum absolute atomic E-state index is 13.2. The minimum absolute atomic E-state index is 0.0487. The van der Waals surface area contributed by atoms with Gasteiger partial charge in [0.25, 0.3) is 5.91 Å². The van der Waals surface area contributed by atoms with E-state index < -0.39 is 0 Å². The van der Waals surface area contributed by atoms with Crippen LogP contribution in [0, 0.1) is 0 Å². The Kier molecular flexibility index (Phi) is 5.89. The molecule has 0 unspecified atom stereocenters. The molecule has 0 radical (unpaired) electrons. The number of carbonyl (C=O) groups is 1. The van der Waals surface area contributed by atoms with Crippen molar-refractivity contribution in [2.24, 2.45) is 0 Å². The van der Waals surface area contributed by atoms with E-state index in [2.05, 4.69) is 17.0 Å². The fourth-order valence-electron chi connectivity index (χ4n) is 5.98. The first-order valence-electron chi connectivity index (χ1n) is 11.9. The molecule has 1 amide bonds. The summed E-state index contributed by atoms with van der Waals surface area (Å²) < 4.78 is 12.3. The minimum Gasteiger partial charge on any atom is -0.483 e. The molecule has 166 valence electrons.